The maximum atomic E-state index is 10.8. The average Bonchev–Trinajstić information content (AvgIpc) is 3.00. The number of rotatable bonds is 0. The zero-order chi connectivity index (χ0) is 15.6. The minimum Gasteiger partial charge on any atom is -0.386 e. The highest BCUT2D eigenvalue weighted by Gasteiger charge is 2.89. The van der Waals surface area contributed by atoms with Crippen molar-refractivity contribution in [3.05, 3.63) is 0 Å². The van der Waals surface area contributed by atoms with E-state index in [0.717, 1.165) is 12.8 Å². The van der Waals surface area contributed by atoms with Crippen LogP contribution in [0.4, 0.5) is 0 Å². The van der Waals surface area contributed by atoms with E-state index >= 15 is 0 Å². The van der Waals surface area contributed by atoms with Crippen molar-refractivity contribution in [3.8, 4) is 0 Å². The van der Waals surface area contributed by atoms with Gasteiger partial charge in [-0.3, -0.25) is 0 Å². The molecule has 8 atom stereocenters. The fourth-order valence-corrected chi connectivity index (χ4v) is 7.22. The van der Waals surface area contributed by atoms with Gasteiger partial charge in [0.1, 0.15) is 17.8 Å². The summed E-state index contributed by atoms with van der Waals surface area (Å²) < 4.78 is 11.7. The van der Waals surface area contributed by atoms with Crippen molar-refractivity contribution in [3.63, 3.8) is 0 Å². The van der Waals surface area contributed by atoms with E-state index in [-0.39, 0.29) is 38.3 Å². The van der Waals surface area contributed by atoms with Crippen LogP contribution in [0.15, 0.2) is 0 Å². The van der Waals surface area contributed by atoms with Crippen molar-refractivity contribution in [2.75, 3.05) is 0 Å². The third kappa shape index (κ3) is 1.41. The first kappa shape index (κ1) is 15.6. The Hall–Kier alpha value is 1.13. The summed E-state index contributed by atoms with van der Waals surface area (Å²) >= 11 is 14.3. The summed E-state index contributed by atoms with van der Waals surface area (Å²) in [6.07, 6.45) is 0.797. The molecule has 4 aliphatic rings. The predicted molar refractivity (Wildman–Crippen MR) is 88.2 cm³/mol. The molecule has 21 heavy (non-hydrogen) atoms. The van der Waals surface area contributed by atoms with Gasteiger partial charge in [0.2, 0.25) is 0 Å². The largest absolute Gasteiger partial charge is 0.386 e. The SMILES string of the molecule is CC12OC1C(O)C1(Br)OC3C[C@](C)(Cl)[C@@H](Br)CC32C1(C)C. The minimum atomic E-state index is -0.768. The number of hydrogen-bond donors (Lipinski definition) is 1. The molecule has 2 saturated heterocycles. The Morgan fingerprint density at radius 3 is 2.38 bits per heavy atom. The highest BCUT2D eigenvalue weighted by molar-refractivity contribution is 9.10. The monoisotopic (exact) mass is 442 g/mol. The maximum Gasteiger partial charge on any atom is 0.157 e. The Morgan fingerprint density at radius 1 is 1.14 bits per heavy atom. The molecule has 2 aliphatic heterocycles. The highest BCUT2D eigenvalue weighted by atomic mass is 79.9. The van der Waals surface area contributed by atoms with Crippen LogP contribution in [0.5, 0.6) is 0 Å². The molecule has 2 aliphatic carbocycles. The van der Waals surface area contributed by atoms with Crippen molar-refractivity contribution in [1.82, 2.24) is 0 Å². The van der Waals surface area contributed by atoms with Crippen molar-refractivity contribution >= 4 is 43.5 Å². The van der Waals surface area contributed by atoms with Crippen LogP contribution in [0.3, 0.4) is 0 Å². The number of alkyl halides is 3. The van der Waals surface area contributed by atoms with Crippen LogP contribution in [0, 0.1) is 10.8 Å². The Balaban J connectivity index is 1.92. The first-order valence-electron chi connectivity index (χ1n) is 7.50. The van der Waals surface area contributed by atoms with Crippen LogP contribution in [0.2, 0.25) is 0 Å². The molecule has 6 unspecified atom stereocenters. The van der Waals surface area contributed by atoms with Crippen molar-refractivity contribution in [2.24, 2.45) is 10.8 Å². The van der Waals surface area contributed by atoms with Crippen molar-refractivity contribution in [1.29, 1.82) is 0 Å². The van der Waals surface area contributed by atoms with Crippen LogP contribution in [0.1, 0.15) is 40.5 Å². The minimum absolute atomic E-state index is 0.0182. The lowest BCUT2D eigenvalue weighted by molar-refractivity contribution is -0.0937. The summed E-state index contributed by atoms with van der Waals surface area (Å²) in [6.45, 7) is 8.56. The van der Waals surface area contributed by atoms with Crippen LogP contribution in [0.25, 0.3) is 0 Å². The third-order valence-corrected chi connectivity index (χ3v) is 10.6. The lowest BCUT2D eigenvalue weighted by atomic mass is 9.47. The second-order valence-electron chi connectivity index (χ2n) is 8.09. The van der Waals surface area contributed by atoms with Crippen LogP contribution < -0.4 is 0 Å². The summed E-state index contributed by atoms with van der Waals surface area (Å²) in [5.74, 6) is 0. The van der Waals surface area contributed by atoms with E-state index in [0.29, 0.717) is 0 Å². The molecule has 0 amide bonds. The fourth-order valence-electron chi connectivity index (χ4n) is 5.48. The fraction of sp³-hybridized carbons (Fsp3) is 1.00. The van der Waals surface area contributed by atoms with Gasteiger partial charge in [-0.25, -0.2) is 0 Å². The number of fused-ring (bicyclic) bond motifs is 2. The molecule has 0 aromatic rings. The Bertz CT molecular complexity index is 527. The molecule has 0 radical (unpaired) electrons. The van der Waals surface area contributed by atoms with Gasteiger partial charge in [-0.1, -0.05) is 45.7 Å². The number of hydrogen-bond acceptors (Lipinski definition) is 3. The average molecular weight is 445 g/mol. The Kier molecular flexibility index (Phi) is 2.87. The molecule has 0 aromatic heterocycles. The molecule has 1 spiro atoms. The first-order chi connectivity index (χ1) is 9.44. The molecule has 4 rings (SSSR count). The molecule has 4 fully saturated rings. The normalized spacial score (nSPS) is 67.4. The van der Waals surface area contributed by atoms with E-state index in [1.807, 2.05) is 0 Å². The maximum absolute atomic E-state index is 10.8. The summed E-state index contributed by atoms with van der Waals surface area (Å²) in [6, 6.07) is 0. The standard InChI is InChI=1S/C15H21Br2ClO3/c1-11(2)14-5-7(16)12(3,18)6-8(14)20-15(11,17)9(19)10-13(14,4)21-10/h7-10,19H,5-6H2,1-4H3/t7-,8?,9?,10?,12-,13?,14?,15?/m0/s1. The van der Waals surface area contributed by atoms with Gasteiger partial charge < -0.3 is 14.6 Å². The molecular weight excluding hydrogens is 423 g/mol. The number of aliphatic hydroxyl groups excluding tert-OH is 1. The highest BCUT2D eigenvalue weighted by Crippen LogP contribution is 2.80. The molecule has 6 heteroatoms. The Morgan fingerprint density at radius 2 is 1.76 bits per heavy atom. The van der Waals surface area contributed by atoms with Gasteiger partial charge in [-0.2, -0.15) is 0 Å². The van der Waals surface area contributed by atoms with Gasteiger partial charge in [0.05, 0.1) is 11.0 Å². The topological polar surface area (TPSA) is 42.0 Å². The first-order valence-corrected chi connectivity index (χ1v) is 9.58. The molecule has 120 valence electrons. The van der Waals surface area contributed by atoms with Crippen LogP contribution >= 0.6 is 43.5 Å². The summed E-state index contributed by atoms with van der Waals surface area (Å²) in [4.78, 5) is -0.156. The lowest BCUT2D eigenvalue weighted by Crippen LogP contribution is -2.66. The zero-order valence-corrected chi connectivity index (χ0v) is 16.5. The molecule has 2 saturated carbocycles. The summed E-state index contributed by atoms with van der Waals surface area (Å²) in [5.41, 5.74) is -0.755. The number of halogens is 3. The van der Waals surface area contributed by atoms with Gasteiger partial charge in [0.15, 0.2) is 4.51 Å². The molecule has 0 aromatic carbocycles. The van der Waals surface area contributed by atoms with E-state index in [1.54, 1.807) is 0 Å². The smallest absolute Gasteiger partial charge is 0.157 e. The predicted octanol–water partition coefficient (Wildman–Crippen LogP) is 3.58. The van der Waals surface area contributed by atoms with Gasteiger partial charge >= 0.3 is 0 Å². The molecule has 3 nitrogen and oxygen atoms in total. The van der Waals surface area contributed by atoms with E-state index in [2.05, 4.69) is 59.6 Å². The Labute approximate surface area is 147 Å². The van der Waals surface area contributed by atoms with Crippen molar-refractivity contribution < 1.29 is 14.6 Å². The second kappa shape index (κ2) is 3.85. The molecule has 2 heterocycles. The third-order valence-electron chi connectivity index (χ3n) is 6.98. The van der Waals surface area contributed by atoms with Crippen LogP contribution in [-0.2, 0) is 9.47 Å². The molecular formula is C15H21Br2ClO3. The van der Waals surface area contributed by atoms with Gasteiger partial charge in [-0.15, -0.1) is 11.6 Å². The van der Waals surface area contributed by atoms with Crippen molar-refractivity contribution in [2.45, 2.75) is 78.7 Å². The summed E-state index contributed by atoms with van der Waals surface area (Å²) in [5, 5.41) is 10.8. The van der Waals surface area contributed by atoms with E-state index < -0.39 is 10.6 Å². The lowest BCUT2D eigenvalue weighted by Gasteiger charge is -2.57. The van der Waals surface area contributed by atoms with Gasteiger partial charge in [0.25, 0.3) is 0 Å². The van der Waals surface area contributed by atoms with E-state index in [4.69, 9.17) is 21.1 Å². The number of ether oxygens (including phenoxy) is 2. The number of aliphatic hydroxyl groups is 1. The van der Waals surface area contributed by atoms with E-state index in [9.17, 15) is 5.11 Å². The summed E-state index contributed by atoms with van der Waals surface area (Å²) in [7, 11) is 0. The van der Waals surface area contributed by atoms with Crippen LogP contribution in [-0.4, -0.2) is 43.2 Å². The molecule has 2 bridgehead atoms. The molecule has 1 N–H and O–H groups in total. The van der Waals surface area contributed by atoms with Gasteiger partial charge in [0, 0.05) is 15.7 Å². The quantitative estimate of drug-likeness (QED) is 0.459. The number of epoxide rings is 1. The second-order valence-corrected chi connectivity index (χ2v) is 11.2. The van der Waals surface area contributed by atoms with E-state index in [1.165, 1.54) is 0 Å². The zero-order valence-electron chi connectivity index (χ0n) is 12.6. The van der Waals surface area contributed by atoms with Gasteiger partial charge in [-0.05, 0) is 26.7 Å².